The predicted octanol–water partition coefficient (Wildman–Crippen LogP) is 1.37. The molecule has 0 unspecified atom stereocenters. The third kappa shape index (κ3) is 6.99. The summed E-state index contributed by atoms with van der Waals surface area (Å²) in [5.41, 5.74) is 0. The summed E-state index contributed by atoms with van der Waals surface area (Å²) >= 11 is 2.12. The zero-order chi connectivity index (χ0) is 8.53. The van der Waals surface area contributed by atoms with Crippen molar-refractivity contribution in [1.29, 1.82) is 0 Å². The lowest BCUT2D eigenvalue weighted by Crippen LogP contribution is -2.31. The van der Waals surface area contributed by atoms with Crippen LogP contribution in [0.3, 0.4) is 0 Å². The molecule has 0 aliphatic rings. The fourth-order valence-corrected chi connectivity index (χ4v) is 0.991. The second-order valence-electron chi connectivity index (χ2n) is 2.12. The van der Waals surface area contributed by atoms with E-state index in [9.17, 15) is 0 Å². The number of halogens is 1. The first-order chi connectivity index (χ1) is 5.35. The van der Waals surface area contributed by atoms with E-state index < -0.39 is 0 Å². The Hall–Kier alpha value is 0.610. The Morgan fingerprint density at radius 3 is 1.91 bits per heavy atom. The first-order valence-corrected chi connectivity index (χ1v) is 4.94. The minimum atomic E-state index is 0.315. The van der Waals surface area contributed by atoms with E-state index in [-0.39, 0.29) is 0 Å². The first-order valence-electron chi connectivity index (χ1n) is 3.86. The van der Waals surface area contributed by atoms with Gasteiger partial charge < -0.3 is 9.47 Å². The molecule has 0 radical (unpaired) electrons. The number of rotatable bonds is 7. The van der Waals surface area contributed by atoms with Crippen LogP contribution in [-0.4, -0.2) is 32.5 Å². The van der Waals surface area contributed by atoms with Crippen molar-refractivity contribution < 1.29 is 9.47 Å². The van der Waals surface area contributed by atoms with Crippen LogP contribution in [0.1, 0.15) is 13.8 Å². The van der Waals surface area contributed by atoms with Crippen LogP contribution in [0.5, 0.6) is 0 Å². The maximum absolute atomic E-state index is 5.24. The molecule has 0 aromatic heterocycles. The molecule has 0 saturated carbocycles. The van der Waals surface area contributed by atoms with E-state index in [4.69, 9.17) is 9.47 Å². The van der Waals surface area contributed by atoms with Crippen molar-refractivity contribution in [3.63, 3.8) is 0 Å². The van der Waals surface area contributed by atoms with Crippen LogP contribution in [0, 0.1) is 0 Å². The van der Waals surface area contributed by atoms with Crippen molar-refractivity contribution in [2.24, 2.45) is 0 Å². The Kier molecular flexibility index (Phi) is 9.19. The van der Waals surface area contributed by atoms with Crippen molar-refractivity contribution in [3.05, 3.63) is 0 Å². The molecule has 0 rings (SSSR count). The summed E-state index contributed by atoms with van der Waals surface area (Å²) in [4.78, 5) is 0. The first kappa shape index (κ1) is 11.6. The quantitative estimate of drug-likeness (QED) is 0.561. The Bertz CT molecular complexity index is 74.8. The molecule has 68 valence electrons. The number of nitrogens with one attached hydrogen (secondary N) is 1. The van der Waals surface area contributed by atoms with E-state index in [2.05, 4.69) is 26.4 Å². The zero-order valence-electron chi connectivity index (χ0n) is 7.10. The van der Waals surface area contributed by atoms with Crippen molar-refractivity contribution in [1.82, 2.24) is 3.53 Å². The van der Waals surface area contributed by atoms with Crippen LogP contribution in [0.2, 0.25) is 0 Å². The Morgan fingerprint density at radius 2 is 1.64 bits per heavy atom. The van der Waals surface area contributed by atoms with E-state index in [1.54, 1.807) is 0 Å². The van der Waals surface area contributed by atoms with Crippen LogP contribution in [-0.2, 0) is 9.47 Å². The van der Waals surface area contributed by atoms with Crippen LogP contribution in [0.25, 0.3) is 0 Å². The van der Waals surface area contributed by atoms with E-state index in [1.807, 2.05) is 13.8 Å². The lowest BCUT2D eigenvalue weighted by molar-refractivity contribution is 0.0748. The summed E-state index contributed by atoms with van der Waals surface area (Å²) in [6.45, 7) is 6.95. The monoisotopic (exact) mass is 273 g/mol. The molecule has 0 aromatic rings. The van der Waals surface area contributed by atoms with Gasteiger partial charge in [-0.15, -0.1) is 0 Å². The van der Waals surface area contributed by atoms with Crippen LogP contribution < -0.4 is 3.53 Å². The lowest BCUT2D eigenvalue weighted by Gasteiger charge is -2.13. The molecule has 0 atom stereocenters. The SMILES string of the molecule is CCOCC(COCC)NI. The minimum Gasteiger partial charge on any atom is -0.380 e. The molecule has 0 aliphatic carbocycles. The van der Waals surface area contributed by atoms with Gasteiger partial charge in [-0.05, 0) is 13.8 Å². The Labute approximate surface area is 82.3 Å². The Morgan fingerprint density at radius 1 is 1.18 bits per heavy atom. The van der Waals surface area contributed by atoms with Crippen LogP contribution >= 0.6 is 22.9 Å². The molecule has 0 amide bonds. The highest BCUT2D eigenvalue weighted by atomic mass is 127. The van der Waals surface area contributed by atoms with Gasteiger partial charge in [0.2, 0.25) is 0 Å². The third-order valence-corrected chi connectivity index (χ3v) is 2.08. The van der Waals surface area contributed by atoms with Gasteiger partial charge in [0.05, 0.1) is 19.3 Å². The molecule has 0 saturated heterocycles. The number of hydrogen-bond acceptors (Lipinski definition) is 3. The summed E-state index contributed by atoms with van der Waals surface area (Å²) in [6, 6.07) is 0.315. The van der Waals surface area contributed by atoms with Crippen molar-refractivity contribution >= 4 is 22.9 Å². The van der Waals surface area contributed by atoms with E-state index in [1.165, 1.54) is 0 Å². The van der Waals surface area contributed by atoms with Crippen molar-refractivity contribution in [3.8, 4) is 0 Å². The largest absolute Gasteiger partial charge is 0.380 e. The maximum Gasteiger partial charge on any atom is 0.0649 e. The Balaban J connectivity index is 3.25. The molecule has 3 nitrogen and oxygen atoms in total. The fourth-order valence-electron chi connectivity index (χ4n) is 0.631. The normalized spacial score (nSPS) is 10.9. The topological polar surface area (TPSA) is 30.5 Å². The zero-order valence-corrected chi connectivity index (χ0v) is 9.26. The number of hydrogen-bond donors (Lipinski definition) is 1. The minimum absolute atomic E-state index is 0.315. The lowest BCUT2D eigenvalue weighted by atomic mass is 10.4. The van der Waals surface area contributed by atoms with Gasteiger partial charge in [0.15, 0.2) is 0 Å². The summed E-state index contributed by atoms with van der Waals surface area (Å²) in [5, 5.41) is 0. The third-order valence-electron chi connectivity index (χ3n) is 1.20. The highest BCUT2D eigenvalue weighted by Gasteiger charge is 2.05. The van der Waals surface area contributed by atoms with Crippen LogP contribution in [0.15, 0.2) is 0 Å². The van der Waals surface area contributed by atoms with Gasteiger partial charge in [-0.1, -0.05) is 0 Å². The van der Waals surface area contributed by atoms with Gasteiger partial charge in [0.25, 0.3) is 0 Å². The summed E-state index contributed by atoms with van der Waals surface area (Å²) in [7, 11) is 0. The smallest absolute Gasteiger partial charge is 0.0649 e. The molecular formula is C7H16INO2. The molecular weight excluding hydrogens is 257 g/mol. The standard InChI is InChI=1S/C7H16INO2/c1-3-10-5-7(9-8)6-11-4-2/h7,9H,3-6H2,1-2H3. The number of ether oxygens (including phenoxy) is 2. The van der Waals surface area contributed by atoms with Gasteiger partial charge >= 0.3 is 0 Å². The summed E-state index contributed by atoms with van der Waals surface area (Å²) in [5.74, 6) is 0. The van der Waals surface area contributed by atoms with Gasteiger partial charge in [-0.25, -0.2) is 0 Å². The van der Waals surface area contributed by atoms with E-state index >= 15 is 0 Å². The van der Waals surface area contributed by atoms with Crippen molar-refractivity contribution in [2.45, 2.75) is 19.9 Å². The molecule has 0 spiro atoms. The summed E-state index contributed by atoms with van der Waals surface area (Å²) < 4.78 is 13.6. The van der Waals surface area contributed by atoms with Gasteiger partial charge in [0.1, 0.15) is 0 Å². The molecule has 0 heterocycles. The molecule has 0 aromatic carbocycles. The second-order valence-corrected chi connectivity index (χ2v) is 2.75. The molecule has 0 aliphatic heterocycles. The predicted molar refractivity (Wildman–Crippen MR) is 53.9 cm³/mol. The molecule has 0 fully saturated rings. The van der Waals surface area contributed by atoms with Crippen LogP contribution in [0.4, 0.5) is 0 Å². The summed E-state index contributed by atoms with van der Waals surface area (Å²) in [6.07, 6.45) is 0. The highest BCUT2D eigenvalue weighted by Crippen LogP contribution is 1.91. The maximum atomic E-state index is 5.24. The molecule has 0 bridgehead atoms. The highest BCUT2D eigenvalue weighted by molar-refractivity contribution is 14.1. The fraction of sp³-hybridized carbons (Fsp3) is 1.00. The van der Waals surface area contributed by atoms with Gasteiger partial charge in [-0.3, -0.25) is 3.53 Å². The molecule has 4 heteroatoms. The van der Waals surface area contributed by atoms with E-state index in [0.29, 0.717) is 6.04 Å². The second kappa shape index (κ2) is 8.70. The average molecular weight is 273 g/mol. The molecule has 1 N–H and O–H groups in total. The van der Waals surface area contributed by atoms with Gasteiger partial charge in [0, 0.05) is 36.1 Å². The van der Waals surface area contributed by atoms with E-state index in [0.717, 1.165) is 26.4 Å². The molecule has 11 heavy (non-hydrogen) atoms. The van der Waals surface area contributed by atoms with Gasteiger partial charge in [-0.2, -0.15) is 0 Å². The van der Waals surface area contributed by atoms with Crippen molar-refractivity contribution in [2.75, 3.05) is 26.4 Å². The average Bonchev–Trinajstić information content (AvgIpc) is 2.05.